The molecule has 0 bridgehead atoms. The summed E-state index contributed by atoms with van der Waals surface area (Å²) in [7, 11) is 1.53. The normalized spacial score (nSPS) is 29.4. The highest BCUT2D eigenvalue weighted by atomic mass is 19.3. The van der Waals surface area contributed by atoms with Crippen LogP contribution in [0.25, 0.3) is 0 Å². The molecule has 0 saturated carbocycles. The Bertz CT molecular complexity index is 522. The Labute approximate surface area is 106 Å². The first-order valence-corrected chi connectivity index (χ1v) is 5.51. The van der Waals surface area contributed by atoms with Crippen molar-refractivity contribution in [3.8, 4) is 0 Å². The van der Waals surface area contributed by atoms with Crippen LogP contribution in [0.3, 0.4) is 0 Å². The largest absolute Gasteiger partial charge is 0.394 e. The van der Waals surface area contributed by atoms with Crippen molar-refractivity contribution in [2.24, 2.45) is 0 Å². The van der Waals surface area contributed by atoms with Gasteiger partial charge >= 0.3 is 11.6 Å². The molecule has 1 aliphatic rings. The smallest absolute Gasteiger partial charge is 0.351 e. The molecule has 2 unspecified atom stereocenters. The molecule has 106 valence electrons. The number of ether oxygens (including phenoxy) is 1. The molecule has 0 spiro atoms. The van der Waals surface area contributed by atoms with E-state index in [-0.39, 0.29) is 5.82 Å². The van der Waals surface area contributed by atoms with Crippen LogP contribution < -0.4 is 11.0 Å². The van der Waals surface area contributed by atoms with Crippen molar-refractivity contribution < 1.29 is 23.7 Å². The number of nitrogens with one attached hydrogen (secondary N) is 1. The van der Waals surface area contributed by atoms with E-state index in [0.717, 1.165) is 6.20 Å². The van der Waals surface area contributed by atoms with Gasteiger partial charge in [0.05, 0.1) is 6.61 Å². The van der Waals surface area contributed by atoms with Gasteiger partial charge in [-0.1, -0.05) is 0 Å². The zero-order valence-corrected chi connectivity index (χ0v) is 9.96. The number of alkyl halides is 2. The number of hydrogen-bond donors (Lipinski definition) is 3. The molecule has 0 radical (unpaired) electrons. The van der Waals surface area contributed by atoms with E-state index >= 15 is 0 Å². The third-order valence-corrected chi connectivity index (χ3v) is 2.90. The molecule has 1 saturated heterocycles. The Kier molecular flexibility index (Phi) is 3.52. The molecular formula is C10H13F2N3O4. The molecule has 3 N–H and O–H groups in total. The molecule has 19 heavy (non-hydrogen) atoms. The molecule has 9 heteroatoms. The summed E-state index contributed by atoms with van der Waals surface area (Å²) in [5, 5.41) is 20.8. The quantitative estimate of drug-likeness (QED) is 0.667. The van der Waals surface area contributed by atoms with Crippen molar-refractivity contribution >= 4 is 5.82 Å². The van der Waals surface area contributed by atoms with E-state index in [0.29, 0.717) is 4.57 Å². The SMILES string of the molecule is CNc1ccn(C2OC(CO)[C@H](O)C2(F)F)c(=O)n1. The first kappa shape index (κ1) is 13.8. The highest BCUT2D eigenvalue weighted by Crippen LogP contribution is 2.41. The summed E-state index contributed by atoms with van der Waals surface area (Å²) in [6.07, 6.45) is -4.54. The second-order valence-corrected chi connectivity index (χ2v) is 4.08. The maximum absolute atomic E-state index is 13.8. The van der Waals surface area contributed by atoms with Gasteiger partial charge in [-0.05, 0) is 6.07 Å². The number of aliphatic hydroxyl groups excluding tert-OH is 2. The van der Waals surface area contributed by atoms with E-state index in [4.69, 9.17) is 9.84 Å². The number of anilines is 1. The van der Waals surface area contributed by atoms with Crippen LogP contribution in [0.15, 0.2) is 17.1 Å². The number of aliphatic hydroxyl groups is 2. The highest BCUT2D eigenvalue weighted by Gasteiger charge is 2.59. The highest BCUT2D eigenvalue weighted by molar-refractivity contribution is 5.30. The third kappa shape index (κ3) is 2.20. The summed E-state index contributed by atoms with van der Waals surface area (Å²) in [5.74, 6) is -3.47. The predicted octanol–water partition coefficient (Wildman–Crippen LogP) is -0.829. The number of nitrogens with zero attached hydrogens (tertiary/aromatic N) is 2. The molecule has 0 amide bonds. The van der Waals surface area contributed by atoms with Crippen molar-refractivity contribution in [1.82, 2.24) is 9.55 Å². The van der Waals surface area contributed by atoms with Crippen LogP contribution in [0, 0.1) is 0 Å². The fraction of sp³-hybridized carbons (Fsp3) is 0.600. The summed E-state index contributed by atoms with van der Waals surface area (Å²) in [6.45, 7) is -0.774. The molecule has 0 aromatic carbocycles. The first-order chi connectivity index (χ1) is 8.91. The van der Waals surface area contributed by atoms with Crippen molar-refractivity contribution in [3.05, 3.63) is 22.7 Å². The van der Waals surface area contributed by atoms with Crippen LogP contribution in [-0.2, 0) is 4.74 Å². The molecule has 7 nitrogen and oxygen atoms in total. The predicted molar refractivity (Wildman–Crippen MR) is 60.0 cm³/mol. The van der Waals surface area contributed by atoms with E-state index in [2.05, 4.69) is 10.3 Å². The maximum atomic E-state index is 13.8. The van der Waals surface area contributed by atoms with Crippen LogP contribution in [-0.4, -0.2) is 51.5 Å². The van der Waals surface area contributed by atoms with Crippen molar-refractivity contribution in [2.45, 2.75) is 24.4 Å². The van der Waals surface area contributed by atoms with Gasteiger partial charge in [0.2, 0.25) is 6.23 Å². The molecule has 1 aromatic heterocycles. The lowest BCUT2D eigenvalue weighted by Crippen LogP contribution is -2.41. The molecule has 1 aromatic rings. The summed E-state index contributed by atoms with van der Waals surface area (Å²) < 4.78 is 33.0. The fourth-order valence-corrected chi connectivity index (χ4v) is 1.85. The van der Waals surface area contributed by atoms with Gasteiger partial charge in [-0.3, -0.25) is 4.57 Å². The van der Waals surface area contributed by atoms with Crippen LogP contribution in [0.2, 0.25) is 0 Å². The zero-order chi connectivity index (χ0) is 14.2. The van der Waals surface area contributed by atoms with Gasteiger partial charge in [-0.15, -0.1) is 0 Å². The summed E-state index contributed by atoms with van der Waals surface area (Å²) in [6, 6.07) is 1.32. The Balaban J connectivity index is 2.39. The molecule has 2 heterocycles. The number of hydrogen-bond acceptors (Lipinski definition) is 6. The lowest BCUT2D eigenvalue weighted by molar-refractivity contribution is -0.140. The van der Waals surface area contributed by atoms with E-state index in [1.807, 2.05) is 0 Å². The van der Waals surface area contributed by atoms with Crippen molar-refractivity contribution in [3.63, 3.8) is 0 Å². The van der Waals surface area contributed by atoms with Gasteiger partial charge in [0.25, 0.3) is 0 Å². The van der Waals surface area contributed by atoms with Crippen molar-refractivity contribution in [1.29, 1.82) is 0 Å². The van der Waals surface area contributed by atoms with Crippen LogP contribution in [0.5, 0.6) is 0 Å². The molecule has 2 rings (SSSR count). The first-order valence-electron chi connectivity index (χ1n) is 5.51. The Morgan fingerprint density at radius 3 is 2.79 bits per heavy atom. The average Bonchev–Trinajstić information content (AvgIpc) is 2.61. The van der Waals surface area contributed by atoms with Crippen molar-refractivity contribution in [2.75, 3.05) is 19.0 Å². The minimum absolute atomic E-state index is 0.224. The van der Waals surface area contributed by atoms with E-state index in [1.54, 1.807) is 0 Å². The maximum Gasteiger partial charge on any atom is 0.351 e. The summed E-state index contributed by atoms with van der Waals surface area (Å²) in [4.78, 5) is 15.1. The van der Waals surface area contributed by atoms with Crippen LogP contribution >= 0.6 is 0 Å². The fourth-order valence-electron chi connectivity index (χ4n) is 1.85. The third-order valence-electron chi connectivity index (χ3n) is 2.90. The zero-order valence-electron chi connectivity index (χ0n) is 9.96. The number of halogens is 2. The topological polar surface area (TPSA) is 96.6 Å². The number of aromatic nitrogens is 2. The summed E-state index contributed by atoms with van der Waals surface area (Å²) >= 11 is 0. The number of rotatable bonds is 3. The van der Waals surface area contributed by atoms with Gasteiger partial charge in [0.1, 0.15) is 11.9 Å². The minimum atomic E-state index is -3.69. The van der Waals surface area contributed by atoms with E-state index in [9.17, 15) is 18.7 Å². The van der Waals surface area contributed by atoms with Gasteiger partial charge in [-0.25, -0.2) is 4.79 Å². The monoisotopic (exact) mass is 277 g/mol. The van der Waals surface area contributed by atoms with Gasteiger partial charge < -0.3 is 20.3 Å². The standard InChI is InChI=1S/C10H13F2N3O4/c1-13-6-2-3-15(9(18)14-6)8-10(11,12)7(17)5(4-16)19-8/h2-3,5,7-8,16-17H,4H2,1H3,(H,13,14,18)/t5?,7-,8?/m0/s1. The van der Waals surface area contributed by atoms with Gasteiger partial charge in [0, 0.05) is 13.2 Å². The summed E-state index contributed by atoms with van der Waals surface area (Å²) in [5.41, 5.74) is -0.942. The molecule has 3 atom stereocenters. The van der Waals surface area contributed by atoms with Crippen LogP contribution in [0.4, 0.5) is 14.6 Å². The molecule has 0 aliphatic carbocycles. The molecule has 1 fully saturated rings. The lowest BCUT2D eigenvalue weighted by Gasteiger charge is -2.21. The second-order valence-electron chi connectivity index (χ2n) is 4.08. The average molecular weight is 277 g/mol. The van der Waals surface area contributed by atoms with Crippen LogP contribution in [0.1, 0.15) is 6.23 Å². The van der Waals surface area contributed by atoms with Gasteiger partial charge in [-0.2, -0.15) is 13.8 Å². The second kappa shape index (κ2) is 4.83. The lowest BCUT2D eigenvalue weighted by atomic mass is 10.1. The Hall–Kier alpha value is -1.58. The van der Waals surface area contributed by atoms with Gasteiger partial charge in [0.15, 0.2) is 6.10 Å². The minimum Gasteiger partial charge on any atom is -0.394 e. The molecule has 1 aliphatic heterocycles. The van der Waals surface area contributed by atoms with E-state index in [1.165, 1.54) is 13.1 Å². The Morgan fingerprint density at radius 1 is 1.63 bits per heavy atom. The van der Waals surface area contributed by atoms with E-state index < -0.39 is 36.7 Å². The molecular weight excluding hydrogens is 264 g/mol. The Morgan fingerprint density at radius 2 is 2.32 bits per heavy atom.